The molecule has 88 valence electrons. The summed E-state index contributed by atoms with van der Waals surface area (Å²) in [6, 6.07) is 3.11. The van der Waals surface area contributed by atoms with Gasteiger partial charge in [0.15, 0.2) is 0 Å². The van der Waals surface area contributed by atoms with Crippen molar-refractivity contribution in [3.63, 3.8) is 0 Å². The van der Waals surface area contributed by atoms with Crippen LogP contribution in [0.15, 0.2) is 0 Å². The molecule has 2 unspecified atom stereocenters. The summed E-state index contributed by atoms with van der Waals surface area (Å²) in [7, 11) is 0. The molecule has 0 spiro atoms. The van der Waals surface area contributed by atoms with Gasteiger partial charge in [-0.1, -0.05) is 0 Å². The second-order valence-corrected chi connectivity index (χ2v) is 5.67. The van der Waals surface area contributed by atoms with Gasteiger partial charge in [0.1, 0.15) is 5.54 Å². The van der Waals surface area contributed by atoms with Gasteiger partial charge in [-0.2, -0.15) is 5.26 Å². The summed E-state index contributed by atoms with van der Waals surface area (Å²) in [6.45, 7) is 0. The predicted molar refractivity (Wildman–Crippen MR) is 60.9 cm³/mol. The van der Waals surface area contributed by atoms with Crippen LogP contribution in [0.5, 0.6) is 0 Å². The molecule has 3 aliphatic carbocycles. The molecule has 0 radical (unpaired) electrons. The van der Waals surface area contributed by atoms with Crippen molar-refractivity contribution >= 4 is 0 Å². The summed E-state index contributed by atoms with van der Waals surface area (Å²) in [6.07, 6.45) is 10.0. The molecule has 16 heavy (non-hydrogen) atoms. The molecule has 3 fully saturated rings. The quantitative estimate of drug-likeness (QED) is 0.789. The Morgan fingerprint density at radius 1 is 1.12 bits per heavy atom. The minimum Gasteiger partial charge on any atom is -0.375 e. The van der Waals surface area contributed by atoms with E-state index in [1.165, 1.54) is 32.1 Å². The first-order valence-electron chi connectivity index (χ1n) is 6.64. The van der Waals surface area contributed by atoms with Crippen molar-refractivity contribution in [3.8, 4) is 6.07 Å². The van der Waals surface area contributed by atoms with Gasteiger partial charge in [0, 0.05) is 12.5 Å². The zero-order valence-corrected chi connectivity index (χ0v) is 9.74. The highest BCUT2D eigenvalue weighted by molar-refractivity contribution is 5.14. The third-order valence-corrected chi connectivity index (χ3v) is 4.18. The van der Waals surface area contributed by atoms with Gasteiger partial charge in [-0.25, -0.2) is 0 Å². The maximum atomic E-state index is 9.35. The number of nitrogens with zero attached hydrogens (tertiary/aromatic N) is 1. The predicted octanol–water partition coefficient (Wildman–Crippen LogP) is 2.12. The van der Waals surface area contributed by atoms with Crippen molar-refractivity contribution in [1.29, 1.82) is 5.26 Å². The molecule has 0 saturated heterocycles. The number of nitrogens with one attached hydrogen (secondary N) is 1. The van der Waals surface area contributed by atoms with Crippen molar-refractivity contribution in [3.05, 3.63) is 0 Å². The topological polar surface area (TPSA) is 45.0 Å². The fourth-order valence-electron chi connectivity index (χ4n) is 2.78. The van der Waals surface area contributed by atoms with Gasteiger partial charge in [-0.15, -0.1) is 0 Å². The van der Waals surface area contributed by atoms with E-state index in [9.17, 15) is 5.26 Å². The van der Waals surface area contributed by atoms with Gasteiger partial charge in [-0.3, -0.25) is 5.32 Å². The summed E-state index contributed by atoms with van der Waals surface area (Å²) < 4.78 is 6.02. The molecular formula is C13H20N2O. The van der Waals surface area contributed by atoms with E-state index in [1.807, 2.05) is 0 Å². The molecule has 1 N–H and O–H groups in total. The van der Waals surface area contributed by atoms with Crippen LogP contribution in [-0.4, -0.2) is 23.8 Å². The van der Waals surface area contributed by atoms with Crippen LogP contribution in [0, 0.1) is 11.3 Å². The second-order valence-electron chi connectivity index (χ2n) is 5.67. The number of ether oxygens (including phenoxy) is 1. The van der Waals surface area contributed by atoms with Crippen LogP contribution in [0.1, 0.15) is 51.4 Å². The number of hydrogen-bond donors (Lipinski definition) is 1. The Kier molecular flexibility index (Phi) is 2.65. The maximum Gasteiger partial charge on any atom is 0.109 e. The number of rotatable bonds is 4. The summed E-state index contributed by atoms with van der Waals surface area (Å²) in [5.74, 6) is 0. The second kappa shape index (κ2) is 4.01. The first-order chi connectivity index (χ1) is 7.80. The molecule has 3 rings (SSSR count). The zero-order chi connectivity index (χ0) is 11.0. The molecule has 0 bridgehead atoms. The summed E-state index contributed by atoms with van der Waals surface area (Å²) in [5, 5.41) is 12.9. The van der Waals surface area contributed by atoms with Crippen molar-refractivity contribution in [2.45, 2.75) is 75.2 Å². The van der Waals surface area contributed by atoms with Crippen LogP contribution in [-0.2, 0) is 4.74 Å². The van der Waals surface area contributed by atoms with Gasteiger partial charge in [0.2, 0.25) is 0 Å². The van der Waals surface area contributed by atoms with Crippen LogP contribution < -0.4 is 5.32 Å². The Bertz CT molecular complexity index is 304. The summed E-state index contributed by atoms with van der Waals surface area (Å²) >= 11 is 0. The number of nitriles is 1. The van der Waals surface area contributed by atoms with E-state index in [1.54, 1.807) is 0 Å². The van der Waals surface area contributed by atoms with Crippen molar-refractivity contribution in [1.82, 2.24) is 5.32 Å². The molecule has 2 atom stereocenters. The normalized spacial score (nSPS) is 39.3. The Morgan fingerprint density at radius 2 is 1.94 bits per heavy atom. The average molecular weight is 220 g/mol. The minimum atomic E-state index is -0.268. The lowest BCUT2D eigenvalue weighted by atomic mass is 9.95. The molecular weight excluding hydrogens is 200 g/mol. The first-order valence-corrected chi connectivity index (χ1v) is 6.64. The van der Waals surface area contributed by atoms with E-state index in [-0.39, 0.29) is 5.54 Å². The Morgan fingerprint density at radius 3 is 2.50 bits per heavy atom. The third-order valence-electron chi connectivity index (χ3n) is 4.18. The van der Waals surface area contributed by atoms with E-state index in [4.69, 9.17) is 4.74 Å². The third kappa shape index (κ3) is 2.09. The smallest absolute Gasteiger partial charge is 0.109 e. The molecule has 3 heteroatoms. The molecule has 3 aliphatic rings. The highest BCUT2D eigenvalue weighted by Crippen LogP contribution is 2.37. The van der Waals surface area contributed by atoms with Crippen LogP contribution in [0.2, 0.25) is 0 Å². The molecule has 0 aromatic carbocycles. The maximum absolute atomic E-state index is 9.35. The van der Waals surface area contributed by atoms with Crippen LogP contribution in [0.25, 0.3) is 0 Å². The van der Waals surface area contributed by atoms with E-state index in [0.29, 0.717) is 18.2 Å². The molecule has 3 saturated carbocycles. The van der Waals surface area contributed by atoms with Gasteiger partial charge in [0.25, 0.3) is 0 Å². The van der Waals surface area contributed by atoms with E-state index in [0.717, 1.165) is 19.3 Å². The molecule has 0 aliphatic heterocycles. The minimum absolute atomic E-state index is 0.268. The molecule has 0 amide bonds. The first kappa shape index (κ1) is 10.6. The van der Waals surface area contributed by atoms with E-state index in [2.05, 4.69) is 11.4 Å². The fraction of sp³-hybridized carbons (Fsp3) is 0.923. The average Bonchev–Trinajstić information content (AvgIpc) is 2.93. The van der Waals surface area contributed by atoms with E-state index < -0.39 is 0 Å². The SMILES string of the molecule is N#CC1(NC2CC2)CCC(OC2CCC2)C1. The highest BCUT2D eigenvalue weighted by atomic mass is 16.5. The summed E-state index contributed by atoms with van der Waals surface area (Å²) in [5.41, 5.74) is -0.268. The standard InChI is InChI=1S/C13H20N2O/c14-9-13(15-10-4-5-10)7-6-12(8-13)16-11-2-1-3-11/h10-12,15H,1-8H2. The van der Waals surface area contributed by atoms with Crippen molar-refractivity contribution in [2.24, 2.45) is 0 Å². The van der Waals surface area contributed by atoms with Crippen LogP contribution >= 0.6 is 0 Å². The lowest BCUT2D eigenvalue weighted by molar-refractivity contribution is -0.0493. The van der Waals surface area contributed by atoms with Gasteiger partial charge >= 0.3 is 0 Å². The van der Waals surface area contributed by atoms with Crippen LogP contribution in [0.3, 0.4) is 0 Å². The van der Waals surface area contributed by atoms with Gasteiger partial charge in [-0.05, 0) is 44.9 Å². The highest BCUT2D eigenvalue weighted by Gasteiger charge is 2.44. The molecule has 0 aromatic rings. The largest absolute Gasteiger partial charge is 0.375 e. The summed E-state index contributed by atoms with van der Waals surface area (Å²) in [4.78, 5) is 0. The lowest BCUT2D eigenvalue weighted by Gasteiger charge is -2.29. The molecule has 3 nitrogen and oxygen atoms in total. The fourth-order valence-corrected chi connectivity index (χ4v) is 2.78. The Balaban J connectivity index is 1.54. The van der Waals surface area contributed by atoms with Crippen molar-refractivity contribution < 1.29 is 4.74 Å². The zero-order valence-electron chi connectivity index (χ0n) is 9.74. The van der Waals surface area contributed by atoms with Crippen molar-refractivity contribution in [2.75, 3.05) is 0 Å². The molecule has 0 heterocycles. The van der Waals surface area contributed by atoms with Gasteiger partial charge in [0.05, 0.1) is 18.3 Å². The van der Waals surface area contributed by atoms with E-state index >= 15 is 0 Å². The Hall–Kier alpha value is -0.590. The lowest BCUT2D eigenvalue weighted by Crippen LogP contribution is -2.43. The number of hydrogen-bond acceptors (Lipinski definition) is 3. The monoisotopic (exact) mass is 220 g/mol. The Labute approximate surface area is 97.2 Å². The van der Waals surface area contributed by atoms with Crippen LogP contribution in [0.4, 0.5) is 0 Å². The molecule has 0 aromatic heterocycles. The van der Waals surface area contributed by atoms with Gasteiger partial charge < -0.3 is 4.74 Å².